The number of carboxylic acids is 1. The molecule has 8 nitrogen and oxygen atoms in total. The molecule has 1 fully saturated rings. The van der Waals surface area contributed by atoms with E-state index in [4.69, 9.17) is 27.0 Å². The summed E-state index contributed by atoms with van der Waals surface area (Å²) in [6.07, 6.45) is 1.69. The molecule has 0 spiro atoms. The Morgan fingerprint density at radius 3 is 2.27 bits per heavy atom. The van der Waals surface area contributed by atoms with E-state index in [1.165, 1.54) is 0 Å². The van der Waals surface area contributed by atoms with Gasteiger partial charge in [0.25, 0.3) is 0 Å². The number of allylic oxidation sites excluding steroid dienone is 1. The van der Waals surface area contributed by atoms with E-state index in [1.807, 2.05) is 17.9 Å². The van der Waals surface area contributed by atoms with Crippen LogP contribution in [0.3, 0.4) is 0 Å². The summed E-state index contributed by atoms with van der Waals surface area (Å²) in [6, 6.07) is 13.7. The first-order valence-electron chi connectivity index (χ1n) is 9.43. The van der Waals surface area contributed by atoms with Gasteiger partial charge in [-0.2, -0.15) is 0 Å². The van der Waals surface area contributed by atoms with Crippen molar-refractivity contribution in [3.05, 3.63) is 82.8 Å². The summed E-state index contributed by atoms with van der Waals surface area (Å²) >= 11 is 0. The highest BCUT2D eigenvalue weighted by Gasteiger charge is 2.15. The van der Waals surface area contributed by atoms with Gasteiger partial charge in [-0.05, 0) is 37.3 Å². The van der Waals surface area contributed by atoms with Crippen molar-refractivity contribution in [2.45, 2.75) is 6.92 Å². The van der Waals surface area contributed by atoms with Crippen LogP contribution < -0.4 is 17.2 Å². The van der Waals surface area contributed by atoms with Gasteiger partial charge in [-0.1, -0.05) is 29.8 Å². The number of hydrogen-bond donors (Lipinski definition) is 5. The summed E-state index contributed by atoms with van der Waals surface area (Å²) in [4.78, 5) is 12.4. The third-order valence-corrected chi connectivity index (χ3v) is 4.42. The molecular weight excluding hydrogens is 384 g/mol. The molecule has 30 heavy (non-hydrogen) atoms. The highest BCUT2D eigenvalue weighted by Crippen LogP contribution is 2.23. The van der Waals surface area contributed by atoms with Gasteiger partial charge < -0.3 is 37.1 Å². The van der Waals surface area contributed by atoms with Crippen molar-refractivity contribution in [1.82, 2.24) is 4.90 Å². The second kappa shape index (κ2) is 10.8. The van der Waals surface area contributed by atoms with E-state index in [9.17, 15) is 9.90 Å². The maximum atomic E-state index is 10.4. The number of phenolic OH excluding ortho intramolecular Hbond substituents is 1. The third-order valence-electron chi connectivity index (χ3n) is 4.42. The summed E-state index contributed by atoms with van der Waals surface area (Å²) < 4.78 is 5.30. The Labute approximate surface area is 175 Å². The predicted molar refractivity (Wildman–Crippen MR) is 116 cm³/mol. The Balaban J connectivity index is 0.000000269. The van der Waals surface area contributed by atoms with Gasteiger partial charge in [0, 0.05) is 24.4 Å². The topological polar surface area (TPSA) is 148 Å². The molecule has 8 heteroatoms. The first kappa shape index (κ1) is 22.6. The molecule has 0 atom stereocenters. The molecule has 1 heterocycles. The lowest BCUT2D eigenvalue weighted by Gasteiger charge is -2.30. The quantitative estimate of drug-likeness (QED) is 0.478. The van der Waals surface area contributed by atoms with Crippen LogP contribution in [0.2, 0.25) is 0 Å². The second-order valence-electron chi connectivity index (χ2n) is 6.73. The fourth-order valence-corrected chi connectivity index (χ4v) is 2.88. The number of carboxylic acid groups (broad SMARTS) is 1. The Hall–Kier alpha value is -3.65. The largest absolute Gasteiger partial charge is 0.507 e. The van der Waals surface area contributed by atoms with Gasteiger partial charge in [0.15, 0.2) is 0 Å². The van der Waals surface area contributed by atoms with Gasteiger partial charge in [-0.15, -0.1) is 0 Å². The SMILES string of the molecule is Cc1cccc(C(=O)O)c1.NC(N)=C(/C=C(\N)c1ccccc1O)N1CCOCC1. The molecule has 160 valence electrons. The van der Waals surface area contributed by atoms with E-state index in [1.54, 1.807) is 48.5 Å². The van der Waals surface area contributed by atoms with E-state index in [2.05, 4.69) is 0 Å². The van der Waals surface area contributed by atoms with E-state index in [0.29, 0.717) is 48.8 Å². The molecule has 1 saturated heterocycles. The monoisotopic (exact) mass is 412 g/mol. The fourth-order valence-electron chi connectivity index (χ4n) is 2.88. The number of para-hydroxylation sites is 1. The fraction of sp³-hybridized carbons (Fsp3) is 0.227. The van der Waals surface area contributed by atoms with Crippen LogP contribution >= 0.6 is 0 Å². The summed E-state index contributed by atoms with van der Waals surface area (Å²) in [5, 5.41) is 18.3. The highest BCUT2D eigenvalue weighted by atomic mass is 16.5. The Kier molecular flexibility index (Phi) is 8.13. The van der Waals surface area contributed by atoms with Crippen LogP contribution in [0.15, 0.2) is 66.1 Å². The molecule has 2 aromatic rings. The number of nitrogens with two attached hydrogens (primary N) is 3. The van der Waals surface area contributed by atoms with Crippen LogP contribution in [0.4, 0.5) is 0 Å². The minimum Gasteiger partial charge on any atom is -0.507 e. The average molecular weight is 412 g/mol. The number of carbonyl (C=O) groups is 1. The van der Waals surface area contributed by atoms with E-state index < -0.39 is 5.97 Å². The van der Waals surface area contributed by atoms with Crippen molar-refractivity contribution < 1.29 is 19.7 Å². The molecule has 0 radical (unpaired) electrons. The van der Waals surface area contributed by atoms with Crippen LogP contribution in [0.1, 0.15) is 21.5 Å². The lowest BCUT2D eigenvalue weighted by Crippen LogP contribution is -2.37. The van der Waals surface area contributed by atoms with Crippen molar-refractivity contribution in [3.63, 3.8) is 0 Å². The van der Waals surface area contributed by atoms with Crippen molar-refractivity contribution in [2.75, 3.05) is 26.3 Å². The first-order chi connectivity index (χ1) is 14.3. The number of hydrogen-bond acceptors (Lipinski definition) is 7. The van der Waals surface area contributed by atoms with Crippen LogP contribution in [0.5, 0.6) is 5.75 Å². The molecule has 0 saturated carbocycles. The van der Waals surface area contributed by atoms with E-state index in [-0.39, 0.29) is 11.6 Å². The van der Waals surface area contributed by atoms with Crippen molar-refractivity contribution >= 4 is 11.7 Å². The number of phenols is 1. The average Bonchev–Trinajstić information content (AvgIpc) is 2.73. The molecule has 0 bridgehead atoms. The number of aryl methyl sites for hydroxylation is 1. The molecule has 8 N–H and O–H groups in total. The normalized spacial score (nSPS) is 13.8. The zero-order valence-electron chi connectivity index (χ0n) is 16.9. The molecule has 2 aromatic carbocycles. The lowest BCUT2D eigenvalue weighted by atomic mass is 10.1. The molecule has 0 aromatic heterocycles. The van der Waals surface area contributed by atoms with E-state index >= 15 is 0 Å². The summed E-state index contributed by atoms with van der Waals surface area (Å²) in [5.41, 5.74) is 20.5. The van der Waals surface area contributed by atoms with Crippen LogP contribution in [0, 0.1) is 6.92 Å². The van der Waals surface area contributed by atoms with Gasteiger partial charge in [-0.25, -0.2) is 4.79 Å². The van der Waals surface area contributed by atoms with Gasteiger partial charge in [0.2, 0.25) is 0 Å². The maximum absolute atomic E-state index is 10.4. The number of rotatable bonds is 4. The maximum Gasteiger partial charge on any atom is 0.335 e. The third kappa shape index (κ3) is 6.46. The highest BCUT2D eigenvalue weighted by molar-refractivity contribution is 5.87. The second-order valence-corrected chi connectivity index (χ2v) is 6.73. The molecule has 1 aliphatic heterocycles. The van der Waals surface area contributed by atoms with Crippen molar-refractivity contribution in [2.24, 2.45) is 17.2 Å². The number of morpholine rings is 1. The molecule has 3 rings (SSSR count). The minimum absolute atomic E-state index is 0.123. The molecule has 0 unspecified atom stereocenters. The van der Waals surface area contributed by atoms with Crippen molar-refractivity contribution in [3.8, 4) is 5.75 Å². The number of benzene rings is 2. The number of aromatic carboxylic acids is 1. The molecule has 0 amide bonds. The first-order valence-corrected chi connectivity index (χ1v) is 9.43. The summed E-state index contributed by atoms with van der Waals surface area (Å²) in [7, 11) is 0. The minimum atomic E-state index is -0.872. The number of ether oxygens (including phenoxy) is 1. The smallest absolute Gasteiger partial charge is 0.335 e. The summed E-state index contributed by atoms with van der Waals surface area (Å²) in [5.74, 6) is -0.549. The molecular formula is C22H28N4O4. The zero-order chi connectivity index (χ0) is 22.1. The van der Waals surface area contributed by atoms with Crippen molar-refractivity contribution in [1.29, 1.82) is 0 Å². The predicted octanol–water partition coefficient (Wildman–Crippen LogP) is 1.80. The van der Waals surface area contributed by atoms with Gasteiger partial charge in [0.1, 0.15) is 11.6 Å². The van der Waals surface area contributed by atoms with E-state index in [0.717, 1.165) is 5.56 Å². The lowest BCUT2D eigenvalue weighted by molar-refractivity contribution is 0.0549. The zero-order valence-corrected chi connectivity index (χ0v) is 16.9. The molecule has 0 aliphatic carbocycles. The Bertz CT molecular complexity index is 930. The van der Waals surface area contributed by atoms with Gasteiger partial charge in [-0.3, -0.25) is 0 Å². The van der Waals surface area contributed by atoms with Crippen LogP contribution in [-0.2, 0) is 4.74 Å². The van der Waals surface area contributed by atoms with Crippen LogP contribution in [0.25, 0.3) is 5.70 Å². The molecule has 1 aliphatic rings. The standard InChI is InChI=1S/C14H20N4O2.C8H8O2/c15-11(10-3-1-2-4-13(10)19)9-12(14(16)17)18-5-7-20-8-6-18;1-6-3-2-4-7(5-6)8(9)10/h1-4,9,19H,5-8,15-17H2;2-5H,1H3,(H,9,10)/b11-9-;. The Morgan fingerprint density at radius 1 is 1.07 bits per heavy atom. The summed E-state index contributed by atoms with van der Waals surface area (Å²) in [6.45, 7) is 4.53. The van der Waals surface area contributed by atoms with Gasteiger partial charge in [0.05, 0.1) is 24.5 Å². The van der Waals surface area contributed by atoms with Crippen LogP contribution in [-0.4, -0.2) is 47.4 Å². The Morgan fingerprint density at radius 2 is 1.73 bits per heavy atom. The van der Waals surface area contributed by atoms with Gasteiger partial charge >= 0.3 is 5.97 Å². The number of aromatic hydroxyl groups is 1. The number of nitrogens with zero attached hydrogens (tertiary/aromatic N) is 1.